The van der Waals surface area contributed by atoms with Crippen molar-refractivity contribution < 1.29 is 0 Å². The normalized spacial score (nSPS) is 18.0. The summed E-state index contributed by atoms with van der Waals surface area (Å²) in [6.07, 6.45) is 6.38. The molecule has 1 N–H and O–H groups in total. The highest BCUT2D eigenvalue weighted by Gasteiger charge is 2.50. The number of hydrogen-bond acceptors (Lipinski definition) is 2. The molecule has 2 nitrogen and oxygen atoms in total. The molecule has 0 amide bonds. The lowest BCUT2D eigenvalue weighted by molar-refractivity contribution is 0.460. The zero-order chi connectivity index (χ0) is 13.3. The van der Waals surface area contributed by atoms with Gasteiger partial charge >= 0.3 is 0 Å². The second-order valence-electron chi connectivity index (χ2n) is 5.48. The second kappa shape index (κ2) is 4.78. The van der Waals surface area contributed by atoms with Crippen LogP contribution in [-0.4, -0.2) is 12.0 Å². The van der Waals surface area contributed by atoms with Crippen molar-refractivity contribution in [1.82, 2.24) is 10.3 Å². The fraction of sp³-hybridized carbons (Fsp3) is 0.353. The molecule has 1 saturated carbocycles. The Kier molecular flexibility index (Phi) is 3.11. The van der Waals surface area contributed by atoms with Crippen LogP contribution in [0.15, 0.2) is 48.8 Å². The van der Waals surface area contributed by atoms with Crippen LogP contribution in [0.25, 0.3) is 0 Å². The molecule has 1 unspecified atom stereocenters. The molecule has 1 atom stereocenters. The maximum Gasteiger partial charge on any atom is 0.0433 e. The first kappa shape index (κ1) is 12.4. The summed E-state index contributed by atoms with van der Waals surface area (Å²) in [5.41, 5.74) is 4.34. The SMILES string of the molecule is CNC(c1cnccc1C)C1(c2ccccc2)CC1. The highest BCUT2D eigenvalue weighted by atomic mass is 14.9. The molecule has 0 saturated heterocycles. The standard InChI is InChI=1S/C17H20N2/c1-13-8-11-19-12-15(13)16(18-2)17(9-10-17)14-6-4-3-5-7-14/h3-8,11-12,16,18H,9-10H2,1-2H3. The number of hydrogen-bond donors (Lipinski definition) is 1. The third-order valence-electron chi connectivity index (χ3n) is 4.37. The van der Waals surface area contributed by atoms with Gasteiger partial charge in [0.05, 0.1) is 0 Å². The Bertz CT molecular complexity index is 558. The van der Waals surface area contributed by atoms with Gasteiger partial charge in [-0.25, -0.2) is 0 Å². The molecule has 1 aromatic heterocycles. The second-order valence-corrected chi connectivity index (χ2v) is 5.48. The van der Waals surface area contributed by atoms with Gasteiger partial charge in [-0.2, -0.15) is 0 Å². The molecular weight excluding hydrogens is 232 g/mol. The zero-order valence-electron chi connectivity index (χ0n) is 11.6. The van der Waals surface area contributed by atoms with Crippen LogP contribution in [-0.2, 0) is 5.41 Å². The summed E-state index contributed by atoms with van der Waals surface area (Å²) in [6.45, 7) is 2.17. The molecule has 2 aromatic rings. The van der Waals surface area contributed by atoms with Gasteiger partial charge in [-0.15, -0.1) is 0 Å². The van der Waals surface area contributed by atoms with Crippen LogP contribution in [0.3, 0.4) is 0 Å². The van der Waals surface area contributed by atoms with Gasteiger partial charge in [-0.3, -0.25) is 4.98 Å². The summed E-state index contributed by atoms with van der Waals surface area (Å²) in [6, 6.07) is 13.3. The molecule has 1 aromatic carbocycles. The van der Waals surface area contributed by atoms with Crippen molar-refractivity contribution >= 4 is 0 Å². The molecule has 1 aliphatic rings. The molecule has 3 rings (SSSR count). The molecule has 98 valence electrons. The molecule has 0 bridgehead atoms. The van der Waals surface area contributed by atoms with Gasteiger partial charge in [0.1, 0.15) is 0 Å². The average molecular weight is 252 g/mol. The molecule has 19 heavy (non-hydrogen) atoms. The predicted molar refractivity (Wildman–Crippen MR) is 78.1 cm³/mol. The number of nitrogens with zero attached hydrogens (tertiary/aromatic N) is 1. The van der Waals surface area contributed by atoms with Gasteiger partial charge in [0.2, 0.25) is 0 Å². The van der Waals surface area contributed by atoms with Crippen molar-refractivity contribution in [3.05, 3.63) is 65.5 Å². The Hall–Kier alpha value is -1.67. The maximum absolute atomic E-state index is 4.31. The van der Waals surface area contributed by atoms with Crippen LogP contribution >= 0.6 is 0 Å². The van der Waals surface area contributed by atoms with E-state index in [-0.39, 0.29) is 5.41 Å². The van der Waals surface area contributed by atoms with E-state index < -0.39 is 0 Å². The van der Waals surface area contributed by atoms with Crippen molar-refractivity contribution in [2.75, 3.05) is 7.05 Å². The summed E-state index contributed by atoms with van der Waals surface area (Å²) in [4.78, 5) is 4.31. The minimum atomic E-state index is 0.254. The van der Waals surface area contributed by atoms with E-state index in [1.807, 2.05) is 12.4 Å². The van der Waals surface area contributed by atoms with Crippen molar-refractivity contribution in [2.45, 2.75) is 31.2 Å². The highest BCUT2D eigenvalue weighted by Crippen LogP contribution is 2.56. The smallest absolute Gasteiger partial charge is 0.0433 e. The fourth-order valence-electron chi connectivity index (χ4n) is 3.16. The minimum Gasteiger partial charge on any atom is -0.312 e. The lowest BCUT2D eigenvalue weighted by Gasteiger charge is -2.28. The quantitative estimate of drug-likeness (QED) is 0.902. The Balaban J connectivity index is 2.02. The number of aromatic nitrogens is 1. The monoisotopic (exact) mass is 252 g/mol. The van der Waals surface area contributed by atoms with E-state index in [1.165, 1.54) is 29.5 Å². The van der Waals surface area contributed by atoms with E-state index in [0.717, 1.165) is 0 Å². The van der Waals surface area contributed by atoms with E-state index in [1.54, 1.807) is 0 Å². The molecule has 1 aliphatic carbocycles. The number of nitrogens with one attached hydrogen (secondary N) is 1. The van der Waals surface area contributed by atoms with Crippen molar-refractivity contribution in [2.24, 2.45) is 0 Å². The molecule has 1 fully saturated rings. The lowest BCUT2D eigenvalue weighted by atomic mass is 9.83. The molecule has 0 aliphatic heterocycles. The lowest BCUT2D eigenvalue weighted by Crippen LogP contribution is -2.30. The molecule has 1 heterocycles. The largest absolute Gasteiger partial charge is 0.312 e. The van der Waals surface area contributed by atoms with Crippen LogP contribution in [0.1, 0.15) is 35.6 Å². The number of aryl methyl sites for hydroxylation is 1. The minimum absolute atomic E-state index is 0.254. The first-order valence-electron chi connectivity index (χ1n) is 6.91. The van der Waals surface area contributed by atoms with Crippen molar-refractivity contribution in [1.29, 1.82) is 0 Å². The number of benzene rings is 1. The molecule has 0 spiro atoms. The Labute approximate surface area is 114 Å². The van der Waals surface area contributed by atoms with Gasteiger partial charge in [-0.05, 0) is 49.6 Å². The zero-order valence-corrected chi connectivity index (χ0v) is 11.6. The van der Waals surface area contributed by atoms with Crippen LogP contribution < -0.4 is 5.32 Å². The molecule has 2 heteroatoms. The number of rotatable bonds is 4. The Morgan fingerprint density at radius 2 is 1.89 bits per heavy atom. The van der Waals surface area contributed by atoms with E-state index in [9.17, 15) is 0 Å². The van der Waals surface area contributed by atoms with Gasteiger partial charge in [0.25, 0.3) is 0 Å². The third-order valence-corrected chi connectivity index (χ3v) is 4.37. The van der Waals surface area contributed by atoms with E-state index >= 15 is 0 Å². The van der Waals surface area contributed by atoms with E-state index in [4.69, 9.17) is 0 Å². The Morgan fingerprint density at radius 1 is 1.16 bits per heavy atom. The Morgan fingerprint density at radius 3 is 2.47 bits per heavy atom. The van der Waals surface area contributed by atoms with E-state index in [2.05, 4.69) is 60.7 Å². The molecule has 0 radical (unpaired) electrons. The molecular formula is C17H20N2. The van der Waals surface area contributed by atoms with Crippen LogP contribution in [0.4, 0.5) is 0 Å². The van der Waals surface area contributed by atoms with E-state index in [0.29, 0.717) is 6.04 Å². The van der Waals surface area contributed by atoms with Crippen molar-refractivity contribution in [3.63, 3.8) is 0 Å². The summed E-state index contributed by atoms with van der Waals surface area (Å²) in [7, 11) is 2.06. The van der Waals surface area contributed by atoms with Gasteiger partial charge in [0, 0.05) is 23.9 Å². The average Bonchev–Trinajstić information content (AvgIpc) is 3.24. The van der Waals surface area contributed by atoms with Crippen LogP contribution in [0.2, 0.25) is 0 Å². The summed E-state index contributed by atoms with van der Waals surface area (Å²) in [5.74, 6) is 0. The van der Waals surface area contributed by atoms with Gasteiger partial charge < -0.3 is 5.32 Å². The number of likely N-dealkylation sites (N-methyl/N-ethyl adjacent to an activating group) is 1. The first-order chi connectivity index (χ1) is 9.28. The van der Waals surface area contributed by atoms with Crippen LogP contribution in [0, 0.1) is 6.92 Å². The predicted octanol–water partition coefficient (Wildman–Crippen LogP) is 3.38. The third kappa shape index (κ3) is 2.06. The topological polar surface area (TPSA) is 24.9 Å². The first-order valence-corrected chi connectivity index (χ1v) is 6.91. The van der Waals surface area contributed by atoms with Crippen molar-refractivity contribution in [3.8, 4) is 0 Å². The highest BCUT2D eigenvalue weighted by molar-refractivity contribution is 5.39. The maximum atomic E-state index is 4.31. The summed E-state index contributed by atoms with van der Waals surface area (Å²) in [5, 5.41) is 3.52. The summed E-state index contributed by atoms with van der Waals surface area (Å²) >= 11 is 0. The van der Waals surface area contributed by atoms with Crippen LogP contribution in [0.5, 0.6) is 0 Å². The summed E-state index contributed by atoms with van der Waals surface area (Å²) < 4.78 is 0. The van der Waals surface area contributed by atoms with Gasteiger partial charge in [0.15, 0.2) is 0 Å². The fourth-order valence-corrected chi connectivity index (χ4v) is 3.16. The number of pyridine rings is 1. The van der Waals surface area contributed by atoms with Gasteiger partial charge in [-0.1, -0.05) is 30.3 Å².